The summed E-state index contributed by atoms with van der Waals surface area (Å²) in [7, 11) is -3.33. The van der Waals surface area contributed by atoms with Gasteiger partial charge in [-0.3, -0.25) is 9.59 Å². The number of rotatable bonds is 4. The summed E-state index contributed by atoms with van der Waals surface area (Å²) < 4.78 is 22.9. The van der Waals surface area contributed by atoms with Gasteiger partial charge in [-0.1, -0.05) is 6.92 Å². The monoisotopic (exact) mass is 226 g/mol. The quantitative estimate of drug-likeness (QED) is 0.721. The lowest BCUT2D eigenvalue weighted by Crippen LogP contribution is -2.05. The van der Waals surface area contributed by atoms with Crippen LogP contribution in [0.25, 0.3) is 0 Å². The normalized spacial score (nSPS) is 11.0. The summed E-state index contributed by atoms with van der Waals surface area (Å²) in [6.07, 6.45) is 0.991. The minimum Gasteiger partial charge on any atom is -0.298 e. The van der Waals surface area contributed by atoms with Gasteiger partial charge in [-0.15, -0.1) is 0 Å². The zero-order chi connectivity index (χ0) is 11.5. The molecule has 0 aliphatic rings. The molecule has 0 unspecified atom stereocenters. The first kappa shape index (κ1) is 11.6. The summed E-state index contributed by atoms with van der Waals surface area (Å²) in [5.74, 6) is -0.0360. The van der Waals surface area contributed by atoms with Crippen molar-refractivity contribution in [3.63, 3.8) is 0 Å². The Kier molecular flexibility index (Phi) is 3.36. The van der Waals surface area contributed by atoms with Crippen LogP contribution < -0.4 is 0 Å². The van der Waals surface area contributed by atoms with E-state index >= 15 is 0 Å². The maximum absolute atomic E-state index is 11.5. The van der Waals surface area contributed by atoms with Crippen LogP contribution in [0.4, 0.5) is 0 Å². The van der Waals surface area contributed by atoms with Crippen molar-refractivity contribution < 1.29 is 18.0 Å². The second kappa shape index (κ2) is 4.35. The van der Waals surface area contributed by atoms with Gasteiger partial charge in [-0.2, -0.15) is 0 Å². The lowest BCUT2D eigenvalue weighted by atomic mass is 10.1. The highest BCUT2D eigenvalue weighted by Crippen LogP contribution is 2.15. The van der Waals surface area contributed by atoms with E-state index in [-0.39, 0.29) is 21.8 Å². The van der Waals surface area contributed by atoms with Crippen molar-refractivity contribution in [2.75, 3.05) is 5.75 Å². The van der Waals surface area contributed by atoms with Crippen molar-refractivity contribution in [3.05, 3.63) is 29.3 Å². The highest BCUT2D eigenvalue weighted by atomic mass is 32.2. The van der Waals surface area contributed by atoms with Crippen LogP contribution >= 0.6 is 0 Å². The van der Waals surface area contributed by atoms with E-state index in [0.29, 0.717) is 12.6 Å². The molecule has 15 heavy (non-hydrogen) atoms. The average Bonchev–Trinajstić information content (AvgIpc) is 2.28. The SMILES string of the molecule is CCS(=O)(=O)c1ccc(C=O)c(C=O)c1. The van der Waals surface area contributed by atoms with Gasteiger partial charge in [-0.05, 0) is 18.2 Å². The van der Waals surface area contributed by atoms with E-state index in [4.69, 9.17) is 0 Å². The number of benzene rings is 1. The lowest BCUT2D eigenvalue weighted by Gasteiger charge is -2.03. The topological polar surface area (TPSA) is 68.3 Å². The number of carbonyl (C=O) groups excluding carboxylic acids is 2. The van der Waals surface area contributed by atoms with E-state index in [0.717, 1.165) is 0 Å². The summed E-state index contributed by atoms with van der Waals surface area (Å²) in [6, 6.07) is 3.88. The van der Waals surface area contributed by atoms with Gasteiger partial charge in [0.2, 0.25) is 0 Å². The maximum atomic E-state index is 11.5. The van der Waals surface area contributed by atoms with Crippen molar-refractivity contribution in [2.24, 2.45) is 0 Å². The Labute approximate surface area is 87.8 Å². The first-order valence-corrected chi connectivity index (χ1v) is 5.97. The molecule has 0 aliphatic carbocycles. The van der Waals surface area contributed by atoms with Gasteiger partial charge in [-0.25, -0.2) is 8.42 Å². The molecule has 0 spiro atoms. The van der Waals surface area contributed by atoms with E-state index in [1.165, 1.54) is 25.1 Å². The minimum atomic E-state index is -3.33. The third-order valence-corrected chi connectivity index (χ3v) is 3.78. The Bertz CT molecular complexity index is 488. The van der Waals surface area contributed by atoms with E-state index < -0.39 is 9.84 Å². The third-order valence-electron chi connectivity index (χ3n) is 2.05. The van der Waals surface area contributed by atoms with Crippen LogP contribution in [0.5, 0.6) is 0 Å². The van der Waals surface area contributed by atoms with Crippen molar-refractivity contribution in [3.8, 4) is 0 Å². The molecule has 0 fully saturated rings. The lowest BCUT2D eigenvalue weighted by molar-refractivity contribution is 0.109. The molecule has 0 bridgehead atoms. The predicted octanol–water partition coefficient (Wildman–Crippen LogP) is 1.11. The third kappa shape index (κ3) is 2.30. The number of sulfone groups is 1. The maximum Gasteiger partial charge on any atom is 0.178 e. The van der Waals surface area contributed by atoms with Gasteiger partial charge in [0.15, 0.2) is 22.4 Å². The zero-order valence-corrected chi connectivity index (χ0v) is 8.95. The largest absolute Gasteiger partial charge is 0.298 e. The van der Waals surface area contributed by atoms with Gasteiger partial charge in [0, 0.05) is 11.1 Å². The molecule has 5 heteroatoms. The Morgan fingerprint density at radius 1 is 1.13 bits per heavy atom. The Morgan fingerprint density at radius 3 is 2.20 bits per heavy atom. The summed E-state index contributed by atoms with van der Waals surface area (Å²) in [5, 5.41) is 0. The highest BCUT2D eigenvalue weighted by Gasteiger charge is 2.13. The minimum absolute atomic E-state index is 0.0360. The van der Waals surface area contributed by atoms with Crippen LogP contribution in [0, 0.1) is 0 Å². The standard InChI is InChI=1S/C10H10O4S/c1-2-15(13,14)10-4-3-8(6-11)9(5-10)7-12/h3-7H,2H2,1H3. The molecule has 0 saturated carbocycles. The smallest absolute Gasteiger partial charge is 0.178 e. The number of hydrogen-bond donors (Lipinski definition) is 0. The molecular weight excluding hydrogens is 216 g/mol. The molecule has 0 radical (unpaired) electrons. The first-order chi connectivity index (χ1) is 7.05. The molecule has 0 saturated heterocycles. The summed E-state index contributed by atoms with van der Waals surface area (Å²) in [4.78, 5) is 21.2. The first-order valence-electron chi connectivity index (χ1n) is 4.32. The van der Waals surface area contributed by atoms with E-state index in [1.54, 1.807) is 0 Å². The molecule has 0 N–H and O–H groups in total. The second-order valence-electron chi connectivity index (χ2n) is 2.93. The van der Waals surface area contributed by atoms with Gasteiger partial charge >= 0.3 is 0 Å². The van der Waals surface area contributed by atoms with E-state index in [2.05, 4.69) is 0 Å². The molecule has 0 atom stereocenters. The molecule has 1 aromatic carbocycles. The Morgan fingerprint density at radius 2 is 1.73 bits per heavy atom. The molecule has 0 amide bonds. The predicted molar refractivity (Wildman–Crippen MR) is 54.9 cm³/mol. The second-order valence-corrected chi connectivity index (χ2v) is 5.21. The fourth-order valence-corrected chi connectivity index (χ4v) is 2.04. The van der Waals surface area contributed by atoms with Crippen molar-refractivity contribution in [1.82, 2.24) is 0 Å². The molecule has 0 heterocycles. The summed E-state index contributed by atoms with van der Waals surface area (Å²) >= 11 is 0. The van der Waals surface area contributed by atoms with Gasteiger partial charge in [0.05, 0.1) is 10.6 Å². The van der Waals surface area contributed by atoms with Crippen LogP contribution in [0.3, 0.4) is 0 Å². The van der Waals surface area contributed by atoms with Crippen molar-refractivity contribution in [1.29, 1.82) is 0 Å². The fraction of sp³-hybridized carbons (Fsp3) is 0.200. The zero-order valence-electron chi connectivity index (χ0n) is 8.14. The van der Waals surface area contributed by atoms with Gasteiger partial charge < -0.3 is 0 Å². The van der Waals surface area contributed by atoms with E-state index in [9.17, 15) is 18.0 Å². The van der Waals surface area contributed by atoms with E-state index in [1.807, 2.05) is 0 Å². The number of carbonyl (C=O) groups is 2. The van der Waals surface area contributed by atoms with Gasteiger partial charge in [0.25, 0.3) is 0 Å². The Balaban J connectivity index is 3.38. The van der Waals surface area contributed by atoms with Crippen LogP contribution in [0.15, 0.2) is 23.1 Å². The number of aldehydes is 2. The molecule has 0 aromatic heterocycles. The fourth-order valence-electron chi connectivity index (χ4n) is 1.12. The van der Waals surface area contributed by atoms with Crippen LogP contribution in [0.1, 0.15) is 27.6 Å². The van der Waals surface area contributed by atoms with Crippen molar-refractivity contribution in [2.45, 2.75) is 11.8 Å². The summed E-state index contributed by atoms with van der Waals surface area (Å²) in [6.45, 7) is 1.52. The summed E-state index contributed by atoms with van der Waals surface area (Å²) in [5.41, 5.74) is 0.291. The average molecular weight is 226 g/mol. The van der Waals surface area contributed by atoms with Crippen LogP contribution in [-0.4, -0.2) is 26.7 Å². The molecular formula is C10H10O4S. The van der Waals surface area contributed by atoms with Gasteiger partial charge in [0.1, 0.15) is 0 Å². The molecule has 4 nitrogen and oxygen atoms in total. The Hall–Kier alpha value is -1.49. The van der Waals surface area contributed by atoms with Crippen molar-refractivity contribution >= 4 is 22.4 Å². The molecule has 80 valence electrons. The number of hydrogen-bond acceptors (Lipinski definition) is 4. The van der Waals surface area contributed by atoms with Crippen LogP contribution in [-0.2, 0) is 9.84 Å². The molecule has 1 aromatic rings. The molecule has 1 rings (SSSR count). The molecule has 0 aliphatic heterocycles. The highest BCUT2D eigenvalue weighted by molar-refractivity contribution is 7.91. The van der Waals surface area contributed by atoms with Crippen LogP contribution in [0.2, 0.25) is 0 Å².